The van der Waals surface area contributed by atoms with Gasteiger partial charge >= 0.3 is 18.4 Å². The lowest BCUT2D eigenvalue weighted by atomic mass is 10.1. The number of carbonyl (C=O) groups excluding carboxylic acids is 1. The number of rotatable bonds is 5. The molecule has 3 rings (SSSR count). The summed E-state index contributed by atoms with van der Waals surface area (Å²) in [5.41, 5.74) is -2.91. The van der Waals surface area contributed by atoms with Gasteiger partial charge in [-0.15, -0.1) is 0 Å². The summed E-state index contributed by atoms with van der Waals surface area (Å²) in [6, 6.07) is 8.63. The predicted octanol–water partition coefficient (Wildman–Crippen LogP) is 6.87. The van der Waals surface area contributed by atoms with E-state index in [-0.39, 0.29) is 34.8 Å². The minimum Gasteiger partial charge on any atom is -0.487 e. The third-order valence-electron chi connectivity index (χ3n) is 4.37. The van der Waals surface area contributed by atoms with Crippen molar-refractivity contribution in [1.29, 1.82) is 5.26 Å². The molecule has 0 fully saturated rings. The molecule has 6 nitrogen and oxygen atoms in total. The summed E-state index contributed by atoms with van der Waals surface area (Å²) in [5, 5.41) is 13.2. The SMILES string of the molecule is N#Cc1ccc(COc2cc(NC(=O)Nc3cc(C(F)(F)F)cc(C(F)(F)F)c3)ccc2Cl)cn1. The number of halogens is 7. The Balaban J connectivity index is 1.73. The van der Waals surface area contributed by atoms with Gasteiger partial charge in [0.25, 0.3) is 0 Å². The Morgan fingerprint density at radius 2 is 1.57 bits per heavy atom. The summed E-state index contributed by atoms with van der Waals surface area (Å²) >= 11 is 6.07. The van der Waals surface area contributed by atoms with Crippen LogP contribution in [0.25, 0.3) is 0 Å². The number of hydrogen-bond acceptors (Lipinski definition) is 4. The summed E-state index contributed by atoms with van der Waals surface area (Å²) in [5.74, 6) is 0.132. The molecule has 1 aromatic heterocycles. The van der Waals surface area contributed by atoms with E-state index in [1.54, 1.807) is 6.07 Å². The van der Waals surface area contributed by atoms with Gasteiger partial charge in [0, 0.05) is 29.2 Å². The van der Waals surface area contributed by atoms with Gasteiger partial charge in [0.15, 0.2) is 0 Å². The van der Waals surface area contributed by atoms with Crippen molar-refractivity contribution in [3.05, 3.63) is 82.1 Å². The van der Waals surface area contributed by atoms with Crippen molar-refractivity contribution in [1.82, 2.24) is 4.98 Å². The molecule has 0 radical (unpaired) electrons. The van der Waals surface area contributed by atoms with Gasteiger partial charge in [-0.2, -0.15) is 31.6 Å². The first-order chi connectivity index (χ1) is 16.3. The Morgan fingerprint density at radius 3 is 2.11 bits per heavy atom. The van der Waals surface area contributed by atoms with Crippen LogP contribution in [0, 0.1) is 11.3 Å². The molecule has 1 heterocycles. The molecule has 0 unspecified atom stereocenters. The number of carbonyl (C=O) groups is 1. The summed E-state index contributed by atoms with van der Waals surface area (Å²) in [4.78, 5) is 16.1. The molecule has 0 aliphatic rings. The molecule has 0 saturated carbocycles. The van der Waals surface area contributed by atoms with Crippen LogP contribution in [0.3, 0.4) is 0 Å². The summed E-state index contributed by atoms with van der Waals surface area (Å²) < 4.78 is 83.5. The number of aromatic nitrogens is 1. The molecule has 2 N–H and O–H groups in total. The highest BCUT2D eigenvalue weighted by Crippen LogP contribution is 2.37. The third-order valence-corrected chi connectivity index (χ3v) is 4.68. The molecular weight excluding hydrogens is 502 g/mol. The smallest absolute Gasteiger partial charge is 0.416 e. The number of benzene rings is 2. The van der Waals surface area contributed by atoms with Gasteiger partial charge in [-0.25, -0.2) is 9.78 Å². The van der Waals surface area contributed by atoms with Crippen LogP contribution in [0.2, 0.25) is 5.02 Å². The molecule has 2 amide bonds. The molecule has 0 aliphatic heterocycles. The van der Waals surface area contributed by atoms with Crippen LogP contribution in [-0.4, -0.2) is 11.0 Å². The van der Waals surface area contributed by atoms with Gasteiger partial charge in [-0.3, -0.25) is 0 Å². The van der Waals surface area contributed by atoms with E-state index in [0.717, 1.165) is 0 Å². The van der Waals surface area contributed by atoms with Crippen molar-refractivity contribution in [2.45, 2.75) is 19.0 Å². The topological polar surface area (TPSA) is 87.0 Å². The maximum atomic E-state index is 13.0. The largest absolute Gasteiger partial charge is 0.487 e. The number of alkyl halides is 6. The molecule has 0 aliphatic carbocycles. The van der Waals surface area contributed by atoms with Gasteiger partial charge in [0.1, 0.15) is 24.1 Å². The Kier molecular flexibility index (Phi) is 7.40. The normalized spacial score (nSPS) is 11.5. The Labute approximate surface area is 199 Å². The maximum absolute atomic E-state index is 13.0. The highest BCUT2D eigenvalue weighted by Gasteiger charge is 2.37. The minimum absolute atomic E-state index is 0.0124. The molecule has 182 valence electrons. The molecule has 35 heavy (non-hydrogen) atoms. The first kappa shape index (κ1) is 25.6. The fourth-order valence-corrected chi connectivity index (χ4v) is 2.92. The number of hydrogen-bond donors (Lipinski definition) is 2. The summed E-state index contributed by atoms with van der Waals surface area (Å²) in [7, 11) is 0. The van der Waals surface area contributed by atoms with E-state index < -0.39 is 35.2 Å². The first-order valence-corrected chi connectivity index (χ1v) is 9.88. The number of nitrogens with one attached hydrogen (secondary N) is 2. The number of anilines is 2. The van der Waals surface area contributed by atoms with E-state index in [4.69, 9.17) is 21.6 Å². The number of pyridine rings is 1. The van der Waals surface area contributed by atoms with Gasteiger partial charge in [-0.05, 0) is 36.4 Å². The molecule has 13 heteroatoms. The van der Waals surface area contributed by atoms with Crippen molar-refractivity contribution in [2.75, 3.05) is 10.6 Å². The Bertz CT molecular complexity index is 1240. The maximum Gasteiger partial charge on any atom is 0.416 e. The standard InChI is InChI=1S/C22H13ClF6N4O2/c23-18-4-3-15(8-19(18)35-11-12-1-2-16(9-30)31-10-12)32-20(34)33-17-6-13(21(24,25)26)5-14(7-17)22(27,28)29/h1-8,10H,11H2,(H2,32,33,34). The highest BCUT2D eigenvalue weighted by atomic mass is 35.5. The quantitative estimate of drug-likeness (QED) is 0.364. The van der Waals surface area contributed by atoms with Crippen molar-refractivity contribution in [2.24, 2.45) is 0 Å². The van der Waals surface area contributed by atoms with Crippen LogP contribution in [0.4, 0.5) is 42.5 Å². The lowest BCUT2D eigenvalue weighted by Crippen LogP contribution is -2.20. The van der Waals surface area contributed by atoms with E-state index in [1.807, 2.05) is 11.4 Å². The van der Waals surface area contributed by atoms with Crippen molar-refractivity contribution < 1.29 is 35.9 Å². The van der Waals surface area contributed by atoms with Crippen LogP contribution >= 0.6 is 11.6 Å². The Hall–Kier alpha value is -3.98. The molecule has 3 aromatic rings. The molecule has 0 atom stereocenters. The highest BCUT2D eigenvalue weighted by molar-refractivity contribution is 6.32. The van der Waals surface area contributed by atoms with E-state index in [1.165, 1.54) is 30.5 Å². The second-order valence-electron chi connectivity index (χ2n) is 6.97. The van der Waals surface area contributed by atoms with Gasteiger partial charge in [0.05, 0.1) is 16.1 Å². The van der Waals surface area contributed by atoms with Gasteiger partial charge in [0.2, 0.25) is 0 Å². The van der Waals surface area contributed by atoms with Crippen LogP contribution < -0.4 is 15.4 Å². The monoisotopic (exact) mass is 514 g/mol. The summed E-state index contributed by atoms with van der Waals surface area (Å²) in [6.45, 7) is 0.0124. The Morgan fingerprint density at radius 1 is 0.943 bits per heavy atom. The van der Waals surface area contributed by atoms with E-state index in [2.05, 4.69) is 10.3 Å². The van der Waals surface area contributed by atoms with Gasteiger partial charge < -0.3 is 15.4 Å². The fraction of sp³-hybridized carbons (Fsp3) is 0.136. The van der Waals surface area contributed by atoms with Crippen LogP contribution in [0.1, 0.15) is 22.4 Å². The van der Waals surface area contributed by atoms with Crippen LogP contribution in [0.5, 0.6) is 5.75 Å². The molecule has 0 bridgehead atoms. The number of amides is 2. The molecule has 2 aromatic carbocycles. The average molecular weight is 515 g/mol. The predicted molar refractivity (Wildman–Crippen MR) is 114 cm³/mol. The first-order valence-electron chi connectivity index (χ1n) is 9.50. The fourth-order valence-electron chi connectivity index (χ4n) is 2.75. The van der Waals surface area contributed by atoms with Crippen LogP contribution in [-0.2, 0) is 19.0 Å². The second kappa shape index (κ2) is 10.1. The third kappa shape index (κ3) is 7.00. The number of urea groups is 1. The van der Waals surface area contributed by atoms with Crippen molar-refractivity contribution >= 4 is 29.0 Å². The van der Waals surface area contributed by atoms with Crippen molar-refractivity contribution in [3.63, 3.8) is 0 Å². The minimum atomic E-state index is -5.05. The number of nitriles is 1. The van der Waals surface area contributed by atoms with Crippen LogP contribution in [0.15, 0.2) is 54.7 Å². The van der Waals surface area contributed by atoms with Gasteiger partial charge in [-0.1, -0.05) is 17.7 Å². The molecule has 0 spiro atoms. The van der Waals surface area contributed by atoms with E-state index >= 15 is 0 Å². The lowest BCUT2D eigenvalue weighted by Gasteiger charge is -2.15. The second-order valence-corrected chi connectivity index (χ2v) is 7.38. The van der Waals surface area contributed by atoms with Crippen molar-refractivity contribution in [3.8, 4) is 11.8 Å². The number of ether oxygens (including phenoxy) is 1. The van der Waals surface area contributed by atoms with E-state index in [9.17, 15) is 31.1 Å². The zero-order chi connectivity index (χ0) is 25.8. The summed E-state index contributed by atoms with van der Waals surface area (Å²) in [6.07, 6.45) is -8.69. The molecular formula is C22H13ClF6N4O2. The average Bonchev–Trinajstić information content (AvgIpc) is 2.78. The zero-order valence-corrected chi connectivity index (χ0v) is 18.0. The molecule has 0 saturated heterocycles. The number of nitrogens with zero attached hydrogens (tertiary/aromatic N) is 2. The lowest BCUT2D eigenvalue weighted by molar-refractivity contribution is -0.143. The van der Waals surface area contributed by atoms with E-state index in [0.29, 0.717) is 17.7 Å². The zero-order valence-electron chi connectivity index (χ0n) is 17.3.